The number of hydrogen-bond acceptors (Lipinski definition) is 0. The Bertz CT molecular complexity index is 182. The summed E-state index contributed by atoms with van der Waals surface area (Å²) >= 11 is 0. The molecule has 62 valence electrons. The van der Waals surface area contributed by atoms with E-state index in [1.165, 1.54) is 36.8 Å². The van der Waals surface area contributed by atoms with E-state index in [1.54, 1.807) is 5.57 Å². The van der Waals surface area contributed by atoms with Crippen LogP contribution in [0.15, 0.2) is 22.8 Å². The summed E-state index contributed by atoms with van der Waals surface area (Å²) in [5.41, 5.74) is 4.56. The Morgan fingerprint density at radius 3 is 2.09 bits per heavy atom. The third-order valence-electron chi connectivity index (χ3n) is 2.46. The van der Waals surface area contributed by atoms with E-state index in [9.17, 15) is 0 Å². The molecule has 0 saturated heterocycles. The van der Waals surface area contributed by atoms with Crippen LogP contribution in [0.2, 0.25) is 0 Å². The summed E-state index contributed by atoms with van der Waals surface area (Å²) in [4.78, 5) is 0. The number of rotatable bonds is 1. The SMILES string of the molecule is CC(C)=C(C)C=C1CCCC1. The fraction of sp³-hybridized carbons (Fsp3) is 0.636. The smallest absolute Gasteiger partial charge is 0.0317 e. The van der Waals surface area contributed by atoms with E-state index in [0.29, 0.717) is 0 Å². The Hall–Kier alpha value is -0.520. The summed E-state index contributed by atoms with van der Waals surface area (Å²) in [5.74, 6) is 0. The number of allylic oxidation sites excluding steroid dienone is 4. The molecule has 0 aromatic rings. The van der Waals surface area contributed by atoms with E-state index in [0.717, 1.165) is 0 Å². The van der Waals surface area contributed by atoms with E-state index in [1.807, 2.05) is 0 Å². The Kier molecular flexibility index (Phi) is 2.92. The monoisotopic (exact) mass is 150 g/mol. The molecule has 0 nitrogen and oxygen atoms in total. The van der Waals surface area contributed by atoms with Gasteiger partial charge in [-0.3, -0.25) is 0 Å². The molecule has 1 fully saturated rings. The van der Waals surface area contributed by atoms with Gasteiger partial charge in [0.2, 0.25) is 0 Å². The van der Waals surface area contributed by atoms with Crippen LogP contribution in [0, 0.1) is 0 Å². The Morgan fingerprint density at radius 1 is 1.09 bits per heavy atom. The van der Waals surface area contributed by atoms with Crippen molar-refractivity contribution in [3.8, 4) is 0 Å². The zero-order chi connectivity index (χ0) is 8.27. The highest BCUT2D eigenvalue weighted by molar-refractivity contribution is 5.26. The topological polar surface area (TPSA) is 0 Å². The molecular weight excluding hydrogens is 132 g/mol. The second kappa shape index (κ2) is 3.75. The Labute approximate surface area is 70.0 Å². The zero-order valence-electron chi connectivity index (χ0n) is 7.91. The van der Waals surface area contributed by atoms with Crippen molar-refractivity contribution in [3.63, 3.8) is 0 Å². The summed E-state index contributed by atoms with van der Waals surface area (Å²) in [7, 11) is 0. The van der Waals surface area contributed by atoms with Gasteiger partial charge in [0.1, 0.15) is 0 Å². The van der Waals surface area contributed by atoms with Crippen LogP contribution in [0.3, 0.4) is 0 Å². The third-order valence-corrected chi connectivity index (χ3v) is 2.46. The molecule has 1 rings (SSSR count). The zero-order valence-corrected chi connectivity index (χ0v) is 7.91. The standard InChI is InChI=1S/C11H18/c1-9(2)10(3)8-11-6-4-5-7-11/h8H,4-7H2,1-3H3. The first-order chi connectivity index (χ1) is 5.20. The summed E-state index contributed by atoms with van der Waals surface area (Å²) < 4.78 is 0. The minimum atomic E-state index is 1.34. The molecule has 0 bridgehead atoms. The van der Waals surface area contributed by atoms with Crippen molar-refractivity contribution in [2.75, 3.05) is 0 Å². The molecule has 0 aromatic heterocycles. The van der Waals surface area contributed by atoms with Crippen molar-refractivity contribution in [1.29, 1.82) is 0 Å². The molecule has 0 unspecified atom stereocenters. The average molecular weight is 150 g/mol. The normalized spacial score (nSPS) is 16.8. The van der Waals surface area contributed by atoms with Gasteiger partial charge in [0.25, 0.3) is 0 Å². The molecule has 0 amide bonds. The van der Waals surface area contributed by atoms with Gasteiger partial charge in [-0.25, -0.2) is 0 Å². The molecule has 0 aromatic carbocycles. The highest BCUT2D eigenvalue weighted by atomic mass is 14.1. The average Bonchev–Trinajstić information content (AvgIpc) is 2.39. The Balaban J connectivity index is 2.64. The van der Waals surface area contributed by atoms with Gasteiger partial charge in [-0.1, -0.05) is 22.8 Å². The van der Waals surface area contributed by atoms with Crippen molar-refractivity contribution in [2.24, 2.45) is 0 Å². The van der Waals surface area contributed by atoms with E-state index in [-0.39, 0.29) is 0 Å². The lowest BCUT2D eigenvalue weighted by Gasteiger charge is -1.98. The molecule has 1 saturated carbocycles. The maximum absolute atomic E-state index is 2.38. The second-order valence-corrected chi connectivity index (χ2v) is 3.69. The number of hydrogen-bond donors (Lipinski definition) is 0. The first kappa shape index (κ1) is 8.58. The van der Waals surface area contributed by atoms with E-state index < -0.39 is 0 Å². The van der Waals surface area contributed by atoms with Crippen molar-refractivity contribution in [2.45, 2.75) is 46.5 Å². The van der Waals surface area contributed by atoms with Crippen LogP contribution in [0.1, 0.15) is 46.5 Å². The fourth-order valence-electron chi connectivity index (χ4n) is 1.42. The van der Waals surface area contributed by atoms with E-state index in [4.69, 9.17) is 0 Å². The maximum atomic E-state index is 2.38. The minimum Gasteiger partial charge on any atom is -0.0735 e. The summed E-state index contributed by atoms with van der Waals surface area (Å²) in [6, 6.07) is 0. The lowest BCUT2D eigenvalue weighted by atomic mass is 10.1. The van der Waals surface area contributed by atoms with Gasteiger partial charge in [-0.05, 0) is 46.5 Å². The van der Waals surface area contributed by atoms with Crippen LogP contribution in [-0.4, -0.2) is 0 Å². The molecule has 0 heteroatoms. The van der Waals surface area contributed by atoms with Gasteiger partial charge in [0.15, 0.2) is 0 Å². The van der Waals surface area contributed by atoms with E-state index >= 15 is 0 Å². The van der Waals surface area contributed by atoms with Crippen LogP contribution >= 0.6 is 0 Å². The molecule has 0 heterocycles. The van der Waals surface area contributed by atoms with Crippen molar-refractivity contribution in [3.05, 3.63) is 22.8 Å². The van der Waals surface area contributed by atoms with Crippen molar-refractivity contribution in [1.82, 2.24) is 0 Å². The first-order valence-electron chi connectivity index (χ1n) is 4.53. The molecule has 0 N–H and O–H groups in total. The van der Waals surface area contributed by atoms with Gasteiger partial charge in [0.05, 0.1) is 0 Å². The summed E-state index contributed by atoms with van der Waals surface area (Å²) in [6.45, 7) is 6.57. The predicted molar refractivity (Wildman–Crippen MR) is 50.6 cm³/mol. The first-order valence-corrected chi connectivity index (χ1v) is 4.53. The molecule has 0 spiro atoms. The quantitative estimate of drug-likeness (QED) is 0.532. The fourth-order valence-corrected chi connectivity index (χ4v) is 1.42. The molecule has 0 aliphatic heterocycles. The molecular formula is C11H18. The van der Waals surface area contributed by atoms with E-state index in [2.05, 4.69) is 26.8 Å². The lowest BCUT2D eigenvalue weighted by molar-refractivity contribution is 0.886. The molecule has 0 atom stereocenters. The van der Waals surface area contributed by atoms with Crippen LogP contribution in [-0.2, 0) is 0 Å². The second-order valence-electron chi connectivity index (χ2n) is 3.69. The van der Waals surface area contributed by atoms with Gasteiger partial charge >= 0.3 is 0 Å². The van der Waals surface area contributed by atoms with Crippen molar-refractivity contribution >= 4 is 0 Å². The summed E-state index contributed by atoms with van der Waals surface area (Å²) in [5, 5.41) is 0. The minimum absolute atomic E-state index is 1.34. The molecule has 11 heavy (non-hydrogen) atoms. The predicted octanol–water partition coefficient (Wildman–Crippen LogP) is 3.84. The molecule has 1 aliphatic rings. The summed E-state index contributed by atoms with van der Waals surface area (Å²) in [6.07, 6.45) is 7.86. The van der Waals surface area contributed by atoms with Gasteiger partial charge in [0, 0.05) is 0 Å². The largest absolute Gasteiger partial charge is 0.0735 e. The van der Waals surface area contributed by atoms with Crippen LogP contribution in [0.4, 0.5) is 0 Å². The van der Waals surface area contributed by atoms with Gasteiger partial charge in [-0.2, -0.15) is 0 Å². The molecule has 1 aliphatic carbocycles. The highest BCUT2D eigenvalue weighted by Crippen LogP contribution is 2.25. The van der Waals surface area contributed by atoms with Crippen LogP contribution in [0.25, 0.3) is 0 Å². The maximum Gasteiger partial charge on any atom is -0.0317 e. The Morgan fingerprint density at radius 2 is 1.64 bits per heavy atom. The van der Waals surface area contributed by atoms with Crippen molar-refractivity contribution < 1.29 is 0 Å². The van der Waals surface area contributed by atoms with Gasteiger partial charge in [-0.15, -0.1) is 0 Å². The van der Waals surface area contributed by atoms with Crippen LogP contribution in [0.5, 0.6) is 0 Å². The van der Waals surface area contributed by atoms with Gasteiger partial charge < -0.3 is 0 Å². The lowest BCUT2D eigenvalue weighted by Crippen LogP contribution is -1.78. The van der Waals surface area contributed by atoms with Crippen LogP contribution < -0.4 is 0 Å². The third kappa shape index (κ3) is 2.53. The molecule has 0 radical (unpaired) electrons. The highest BCUT2D eigenvalue weighted by Gasteiger charge is 2.05.